The Morgan fingerprint density at radius 3 is 2.80 bits per heavy atom. The van der Waals surface area contributed by atoms with E-state index in [1.807, 2.05) is 39.0 Å². The van der Waals surface area contributed by atoms with Gasteiger partial charge in [-0.1, -0.05) is 31.1 Å². The second-order valence-electron chi connectivity index (χ2n) is 4.00. The lowest BCUT2D eigenvalue weighted by Gasteiger charge is -1.99. The van der Waals surface area contributed by atoms with Crippen LogP contribution in [0, 0.1) is 12.8 Å². The number of para-hydroxylation sites is 1. The zero-order valence-electron chi connectivity index (χ0n) is 9.07. The minimum absolute atomic E-state index is 0.0272. The molecule has 2 aromatic rings. The molecule has 2 rings (SSSR count). The van der Waals surface area contributed by atoms with Crippen molar-refractivity contribution in [3.05, 3.63) is 29.5 Å². The van der Waals surface area contributed by atoms with Gasteiger partial charge in [0, 0.05) is 5.92 Å². The molecule has 0 unspecified atom stereocenters. The van der Waals surface area contributed by atoms with Crippen molar-refractivity contribution in [3.63, 3.8) is 0 Å². The first-order valence-electron chi connectivity index (χ1n) is 5.00. The molecule has 0 aliphatic carbocycles. The van der Waals surface area contributed by atoms with Crippen LogP contribution in [-0.4, -0.2) is 10.9 Å². The van der Waals surface area contributed by atoms with Crippen LogP contribution in [0.5, 0.6) is 0 Å². The summed E-state index contributed by atoms with van der Waals surface area (Å²) in [5.41, 5.74) is 2.16. The van der Waals surface area contributed by atoms with E-state index in [0.29, 0.717) is 11.3 Å². The number of hydrogen-bond acceptors (Lipinski definition) is 3. The number of hydrogen-bond donors (Lipinski definition) is 0. The molecule has 15 heavy (non-hydrogen) atoms. The second kappa shape index (κ2) is 3.50. The Labute approximate surface area is 88.1 Å². The van der Waals surface area contributed by atoms with E-state index in [-0.39, 0.29) is 11.7 Å². The molecule has 1 aromatic heterocycles. The highest BCUT2D eigenvalue weighted by molar-refractivity contribution is 6.06. The van der Waals surface area contributed by atoms with Crippen LogP contribution < -0.4 is 0 Å². The highest BCUT2D eigenvalue weighted by Crippen LogP contribution is 2.23. The van der Waals surface area contributed by atoms with Crippen LogP contribution in [0.25, 0.3) is 11.0 Å². The largest absolute Gasteiger partial charge is 0.355 e. The van der Waals surface area contributed by atoms with E-state index < -0.39 is 0 Å². The van der Waals surface area contributed by atoms with Crippen molar-refractivity contribution in [1.82, 2.24) is 5.16 Å². The van der Waals surface area contributed by atoms with E-state index >= 15 is 0 Å². The van der Waals surface area contributed by atoms with Crippen molar-refractivity contribution < 1.29 is 9.32 Å². The smallest absolute Gasteiger partial charge is 0.187 e. The number of Topliss-reactive ketones (excluding diaryl/α,β-unsaturated/α-hetero) is 1. The zero-order valence-corrected chi connectivity index (χ0v) is 9.07. The Balaban J connectivity index is 2.64. The van der Waals surface area contributed by atoms with Crippen molar-refractivity contribution >= 4 is 16.8 Å². The lowest BCUT2D eigenvalue weighted by Crippen LogP contribution is -2.07. The number of aryl methyl sites for hydroxylation is 1. The molecule has 1 aromatic carbocycles. The van der Waals surface area contributed by atoms with Gasteiger partial charge in [0.2, 0.25) is 0 Å². The third-order valence-corrected chi connectivity index (χ3v) is 2.45. The summed E-state index contributed by atoms with van der Waals surface area (Å²) in [6.45, 7) is 5.66. The van der Waals surface area contributed by atoms with Crippen LogP contribution in [0.4, 0.5) is 0 Å². The molecule has 0 radical (unpaired) electrons. The summed E-state index contributed by atoms with van der Waals surface area (Å²) in [7, 11) is 0. The molecule has 0 N–H and O–H groups in total. The minimum Gasteiger partial charge on any atom is -0.355 e. The number of rotatable bonds is 2. The van der Waals surface area contributed by atoms with Crippen molar-refractivity contribution in [2.24, 2.45) is 5.92 Å². The SMILES string of the molecule is Cc1cccc2c(C(=O)C(C)C)noc12. The maximum Gasteiger partial charge on any atom is 0.187 e. The molecule has 3 heteroatoms. The topological polar surface area (TPSA) is 43.1 Å². The van der Waals surface area contributed by atoms with Gasteiger partial charge in [-0.3, -0.25) is 4.79 Å². The molecular weight excluding hydrogens is 190 g/mol. The molecule has 0 aliphatic rings. The maximum absolute atomic E-state index is 11.8. The molecule has 3 nitrogen and oxygen atoms in total. The molecule has 0 saturated carbocycles. The Kier molecular flexibility index (Phi) is 2.31. The molecule has 0 saturated heterocycles. The number of benzene rings is 1. The molecule has 1 heterocycles. The summed E-state index contributed by atoms with van der Waals surface area (Å²) in [4.78, 5) is 11.8. The summed E-state index contributed by atoms with van der Waals surface area (Å²) in [6.07, 6.45) is 0. The molecule has 0 fully saturated rings. The van der Waals surface area contributed by atoms with Crippen LogP contribution in [-0.2, 0) is 0 Å². The third-order valence-electron chi connectivity index (χ3n) is 2.45. The fraction of sp³-hybridized carbons (Fsp3) is 0.333. The molecule has 0 aliphatic heterocycles. The van der Waals surface area contributed by atoms with E-state index in [1.54, 1.807) is 0 Å². The molecule has 78 valence electrons. The van der Waals surface area contributed by atoms with Gasteiger partial charge in [-0.25, -0.2) is 0 Å². The van der Waals surface area contributed by atoms with Crippen molar-refractivity contribution in [1.29, 1.82) is 0 Å². The third kappa shape index (κ3) is 1.54. The summed E-state index contributed by atoms with van der Waals surface area (Å²) in [5.74, 6) is -0.0295. The summed E-state index contributed by atoms with van der Waals surface area (Å²) >= 11 is 0. The first-order valence-corrected chi connectivity index (χ1v) is 5.00. The highest BCUT2D eigenvalue weighted by atomic mass is 16.5. The minimum atomic E-state index is -0.0567. The van der Waals surface area contributed by atoms with E-state index in [4.69, 9.17) is 4.52 Å². The maximum atomic E-state index is 11.8. The highest BCUT2D eigenvalue weighted by Gasteiger charge is 2.19. The molecule has 0 amide bonds. The Morgan fingerprint density at radius 1 is 1.40 bits per heavy atom. The van der Waals surface area contributed by atoms with Crippen LogP contribution in [0.3, 0.4) is 0 Å². The van der Waals surface area contributed by atoms with Gasteiger partial charge >= 0.3 is 0 Å². The van der Waals surface area contributed by atoms with Gasteiger partial charge < -0.3 is 4.52 Å². The van der Waals surface area contributed by atoms with E-state index in [1.165, 1.54) is 0 Å². The fourth-order valence-corrected chi connectivity index (χ4v) is 1.55. The standard InChI is InChI=1S/C12H13NO2/c1-7(2)11(14)10-9-6-4-5-8(3)12(9)15-13-10/h4-7H,1-3H3. The van der Waals surface area contributed by atoms with Crippen LogP contribution >= 0.6 is 0 Å². The van der Waals surface area contributed by atoms with Crippen molar-refractivity contribution in [3.8, 4) is 0 Å². The number of carbonyl (C=O) groups excluding carboxylic acids is 1. The summed E-state index contributed by atoms with van der Waals surface area (Å²) in [6, 6.07) is 5.72. The first kappa shape index (κ1) is 9.90. The number of carbonyl (C=O) groups is 1. The number of aromatic nitrogens is 1. The van der Waals surface area contributed by atoms with Crippen molar-refractivity contribution in [2.45, 2.75) is 20.8 Å². The van der Waals surface area contributed by atoms with Crippen LogP contribution in [0.1, 0.15) is 29.9 Å². The van der Waals surface area contributed by atoms with Crippen LogP contribution in [0.15, 0.2) is 22.7 Å². The number of ketones is 1. The Bertz CT molecular complexity index is 511. The Hall–Kier alpha value is -1.64. The quantitative estimate of drug-likeness (QED) is 0.705. The van der Waals surface area contributed by atoms with Crippen molar-refractivity contribution in [2.75, 3.05) is 0 Å². The molecule has 0 atom stereocenters. The normalized spacial score (nSPS) is 11.2. The first-order chi connectivity index (χ1) is 7.11. The summed E-state index contributed by atoms with van der Waals surface area (Å²) < 4.78 is 5.18. The van der Waals surface area contributed by atoms with Gasteiger partial charge in [0.15, 0.2) is 17.1 Å². The molecule has 0 bridgehead atoms. The van der Waals surface area contributed by atoms with Gasteiger partial charge in [0.1, 0.15) is 0 Å². The predicted octanol–water partition coefficient (Wildman–Crippen LogP) is 2.97. The summed E-state index contributed by atoms with van der Waals surface area (Å²) in [5, 5.41) is 4.67. The lowest BCUT2D eigenvalue weighted by atomic mass is 10.0. The number of fused-ring (bicyclic) bond motifs is 1. The van der Waals surface area contributed by atoms with Gasteiger partial charge in [0.25, 0.3) is 0 Å². The van der Waals surface area contributed by atoms with E-state index in [2.05, 4.69) is 5.16 Å². The number of nitrogens with zero attached hydrogens (tertiary/aromatic N) is 1. The van der Waals surface area contributed by atoms with E-state index in [0.717, 1.165) is 10.9 Å². The average molecular weight is 203 g/mol. The fourth-order valence-electron chi connectivity index (χ4n) is 1.55. The zero-order chi connectivity index (χ0) is 11.0. The van der Waals surface area contributed by atoms with E-state index in [9.17, 15) is 4.79 Å². The average Bonchev–Trinajstić information content (AvgIpc) is 2.61. The van der Waals surface area contributed by atoms with Crippen LogP contribution in [0.2, 0.25) is 0 Å². The Morgan fingerprint density at radius 2 is 2.13 bits per heavy atom. The lowest BCUT2D eigenvalue weighted by molar-refractivity contribution is 0.0932. The van der Waals surface area contributed by atoms with Gasteiger partial charge in [-0.05, 0) is 18.6 Å². The predicted molar refractivity (Wildman–Crippen MR) is 57.9 cm³/mol. The monoisotopic (exact) mass is 203 g/mol. The molecular formula is C12H13NO2. The van der Waals surface area contributed by atoms with Gasteiger partial charge in [-0.2, -0.15) is 0 Å². The second-order valence-corrected chi connectivity index (χ2v) is 4.00. The molecule has 0 spiro atoms. The van der Waals surface area contributed by atoms with Gasteiger partial charge in [-0.15, -0.1) is 0 Å². The van der Waals surface area contributed by atoms with Gasteiger partial charge in [0.05, 0.1) is 5.39 Å².